The van der Waals surface area contributed by atoms with Gasteiger partial charge in [-0.25, -0.2) is 4.79 Å². The molecule has 7 heteroatoms. The molecule has 2 heterocycles. The van der Waals surface area contributed by atoms with Crippen molar-refractivity contribution in [3.63, 3.8) is 0 Å². The van der Waals surface area contributed by atoms with Gasteiger partial charge in [0.2, 0.25) is 5.91 Å². The number of hydrogen-bond donors (Lipinski definition) is 0. The lowest BCUT2D eigenvalue weighted by molar-refractivity contribution is -0.132. The molecule has 0 aliphatic carbocycles. The summed E-state index contributed by atoms with van der Waals surface area (Å²) in [5.74, 6) is 1.21. The van der Waals surface area contributed by atoms with Gasteiger partial charge in [0.1, 0.15) is 11.5 Å². The zero-order valence-corrected chi connectivity index (χ0v) is 17.3. The largest absolute Gasteiger partial charge is 0.497 e. The molecule has 0 N–H and O–H groups in total. The average Bonchev–Trinajstić information content (AvgIpc) is 3.38. The first-order valence-corrected chi connectivity index (χ1v) is 10.2. The third kappa shape index (κ3) is 3.79. The Bertz CT molecular complexity index is 1100. The number of carbonyl (C=O) groups excluding carboxylic acids is 1. The van der Waals surface area contributed by atoms with Gasteiger partial charge in [-0.2, -0.15) is 0 Å². The molecule has 30 heavy (non-hydrogen) atoms. The number of amides is 1. The van der Waals surface area contributed by atoms with Crippen LogP contribution in [0.2, 0.25) is 0 Å². The summed E-state index contributed by atoms with van der Waals surface area (Å²) in [6.45, 7) is 1.17. The lowest BCUT2D eigenvalue weighted by atomic mass is 10.0. The maximum Gasteiger partial charge on any atom is 0.419 e. The number of methoxy groups -OCH3 is 2. The Morgan fingerprint density at radius 3 is 2.80 bits per heavy atom. The van der Waals surface area contributed by atoms with E-state index in [-0.39, 0.29) is 17.7 Å². The lowest BCUT2D eigenvalue weighted by Crippen LogP contribution is -2.31. The molecule has 1 saturated heterocycles. The third-order valence-corrected chi connectivity index (χ3v) is 5.72. The molecule has 7 nitrogen and oxygen atoms in total. The van der Waals surface area contributed by atoms with Crippen LogP contribution in [0.3, 0.4) is 0 Å². The van der Waals surface area contributed by atoms with Crippen LogP contribution in [-0.4, -0.2) is 36.1 Å². The Kier molecular flexibility index (Phi) is 5.79. The molecule has 1 fully saturated rings. The average molecular weight is 410 g/mol. The summed E-state index contributed by atoms with van der Waals surface area (Å²) in [7, 11) is 3.27. The van der Waals surface area contributed by atoms with Gasteiger partial charge < -0.3 is 18.8 Å². The van der Waals surface area contributed by atoms with E-state index in [0.29, 0.717) is 25.0 Å². The number of aryl methyl sites for hydroxylation is 1. The number of rotatable bonds is 7. The summed E-state index contributed by atoms with van der Waals surface area (Å²) in [6.07, 6.45) is 2.78. The van der Waals surface area contributed by atoms with Gasteiger partial charge in [-0.3, -0.25) is 9.36 Å². The fourth-order valence-electron chi connectivity index (χ4n) is 4.25. The minimum absolute atomic E-state index is 0.0278. The number of ether oxygens (including phenoxy) is 2. The summed E-state index contributed by atoms with van der Waals surface area (Å²) < 4.78 is 17.7. The summed E-state index contributed by atoms with van der Waals surface area (Å²) in [4.78, 5) is 27.0. The molecule has 1 aliphatic rings. The molecule has 1 unspecified atom stereocenters. The van der Waals surface area contributed by atoms with Crippen molar-refractivity contribution in [1.82, 2.24) is 9.47 Å². The van der Waals surface area contributed by atoms with E-state index < -0.39 is 0 Å². The van der Waals surface area contributed by atoms with Gasteiger partial charge in [0.15, 0.2) is 5.58 Å². The molecule has 1 aromatic heterocycles. The van der Waals surface area contributed by atoms with Crippen LogP contribution in [0.4, 0.5) is 0 Å². The maximum atomic E-state index is 13.0. The predicted octanol–water partition coefficient (Wildman–Crippen LogP) is 3.76. The van der Waals surface area contributed by atoms with Gasteiger partial charge in [0, 0.05) is 25.1 Å². The molecular weight excluding hydrogens is 384 g/mol. The van der Waals surface area contributed by atoms with E-state index in [1.54, 1.807) is 24.9 Å². The van der Waals surface area contributed by atoms with Crippen LogP contribution in [-0.2, 0) is 11.3 Å². The summed E-state index contributed by atoms with van der Waals surface area (Å²) >= 11 is 0. The second kappa shape index (κ2) is 8.65. The molecule has 0 radical (unpaired) electrons. The molecule has 1 atom stereocenters. The van der Waals surface area contributed by atoms with Crippen molar-refractivity contribution in [2.24, 2.45) is 0 Å². The van der Waals surface area contributed by atoms with Crippen LogP contribution >= 0.6 is 0 Å². The lowest BCUT2D eigenvalue weighted by Gasteiger charge is -2.27. The zero-order chi connectivity index (χ0) is 21.1. The number of hydrogen-bond acceptors (Lipinski definition) is 5. The number of para-hydroxylation sites is 2. The van der Waals surface area contributed by atoms with Crippen molar-refractivity contribution in [3.8, 4) is 11.5 Å². The Labute approximate surface area is 174 Å². The fourth-order valence-corrected chi connectivity index (χ4v) is 4.25. The predicted molar refractivity (Wildman–Crippen MR) is 113 cm³/mol. The maximum absolute atomic E-state index is 13.0. The van der Waals surface area contributed by atoms with E-state index in [0.717, 1.165) is 42.0 Å². The second-order valence-corrected chi connectivity index (χ2v) is 7.44. The number of aromatic nitrogens is 1. The number of benzene rings is 2. The van der Waals surface area contributed by atoms with Crippen LogP contribution in [0.5, 0.6) is 11.5 Å². The van der Waals surface area contributed by atoms with Crippen molar-refractivity contribution in [1.29, 1.82) is 0 Å². The van der Waals surface area contributed by atoms with Gasteiger partial charge >= 0.3 is 5.76 Å². The molecule has 2 aromatic carbocycles. The van der Waals surface area contributed by atoms with Gasteiger partial charge in [-0.1, -0.05) is 12.1 Å². The molecule has 1 amide bonds. The highest BCUT2D eigenvalue weighted by molar-refractivity contribution is 5.77. The van der Waals surface area contributed by atoms with Crippen LogP contribution in [0, 0.1) is 0 Å². The highest BCUT2D eigenvalue weighted by Gasteiger charge is 2.31. The van der Waals surface area contributed by atoms with Crippen molar-refractivity contribution in [2.45, 2.75) is 38.3 Å². The monoisotopic (exact) mass is 410 g/mol. The first-order valence-electron chi connectivity index (χ1n) is 10.2. The Morgan fingerprint density at radius 2 is 2.00 bits per heavy atom. The Balaban J connectivity index is 1.45. The van der Waals surface area contributed by atoms with Gasteiger partial charge in [0.05, 0.1) is 25.8 Å². The molecular formula is C23H26N2O5. The van der Waals surface area contributed by atoms with E-state index >= 15 is 0 Å². The first-order chi connectivity index (χ1) is 14.6. The van der Waals surface area contributed by atoms with Crippen molar-refractivity contribution in [3.05, 3.63) is 58.6 Å². The SMILES string of the molecule is COc1ccc(OC)c(C2CCCN2C(=O)CCCn2c(=O)oc3ccccc32)c1. The molecule has 158 valence electrons. The smallest absolute Gasteiger partial charge is 0.419 e. The number of carbonyl (C=O) groups is 1. The van der Waals surface area contributed by atoms with Crippen LogP contribution < -0.4 is 15.2 Å². The molecule has 4 rings (SSSR count). The summed E-state index contributed by atoms with van der Waals surface area (Å²) in [5.41, 5.74) is 2.30. The minimum atomic E-state index is -0.385. The van der Waals surface area contributed by atoms with Gasteiger partial charge in [0.25, 0.3) is 0 Å². The second-order valence-electron chi connectivity index (χ2n) is 7.44. The van der Waals surface area contributed by atoms with Crippen molar-refractivity contribution in [2.75, 3.05) is 20.8 Å². The Morgan fingerprint density at radius 1 is 1.17 bits per heavy atom. The van der Waals surface area contributed by atoms with Crippen LogP contribution in [0.15, 0.2) is 51.7 Å². The highest BCUT2D eigenvalue weighted by Crippen LogP contribution is 2.39. The third-order valence-electron chi connectivity index (χ3n) is 5.72. The summed E-state index contributed by atoms with van der Waals surface area (Å²) in [5, 5.41) is 0. The van der Waals surface area contributed by atoms with Crippen molar-refractivity contribution >= 4 is 17.0 Å². The van der Waals surface area contributed by atoms with E-state index in [1.165, 1.54) is 0 Å². The molecule has 1 aliphatic heterocycles. The fraction of sp³-hybridized carbons (Fsp3) is 0.391. The summed E-state index contributed by atoms with van der Waals surface area (Å²) in [6, 6.07) is 13.0. The molecule has 0 saturated carbocycles. The molecule has 0 spiro atoms. The number of fused-ring (bicyclic) bond motifs is 1. The van der Waals surface area contributed by atoms with E-state index in [1.807, 2.05) is 41.3 Å². The molecule has 0 bridgehead atoms. The topological polar surface area (TPSA) is 73.9 Å². The first kappa shape index (κ1) is 20.1. The minimum Gasteiger partial charge on any atom is -0.497 e. The zero-order valence-electron chi connectivity index (χ0n) is 17.3. The standard InChI is InChI=1S/C23H26N2O5/c1-28-16-11-12-20(29-2)17(15-16)18-8-5-13-24(18)22(26)10-6-14-25-19-7-3-4-9-21(19)30-23(25)27/h3-4,7,9,11-12,15,18H,5-6,8,10,13-14H2,1-2H3. The molecule has 3 aromatic rings. The number of nitrogens with zero attached hydrogens (tertiary/aromatic N) is 2. The highest BCUT2D eigenvalue weighted by atomic mass is 16.5. The number of likely N-dealkylation sites (tertiary alicyclic amines) is 1. The van der Waals surface area contributed by atoms with Crippen LogP contribution in [0.1, 0.15) is 37.3 Å². The van der Waals surface area contributed by atoms with E-state index in [2.05, 4.69) is 0 Å². The number of oxazole rings is 1. The Hall–Kier alpha value is -3.22. The van der Waals surface area contributed by atoms with Crippen LogP contribution in [0.25, 0.3) is 11.1 Å². The van der Waals surface area contributed by atoms with Crippen molar-refractivity contribution < 1.29 is 18.7 Å². The van der Waals surface area contributed by atoms with E-state index in [4.69, 9.17) is 13.9 Å². The quantitative estimate of drug-likeness (QED) is 0.593. The van der Waals surface area contributed by atoms with Gasteiger partial charge in [-0.15, -0.1) is 0 Å². The normalized spacial score (nSPS) is 16.2. The van der Waals surface area contributed by atoms with E-state index in [9.17, 15) is 9.59 Å². The van der Waals surface area contributed by atoms with Gasteiger partial charge in [-0.05, 0) is 49.6 Å².